The summed E-state index contributed by atoms with van der Waals surface area (Å²) in [5.41, 5.74) is 1.17. The van der Waals surface area contributed by atoms with Crippen LogP contribution in [-0.2, 0) is 11.0 Å². The molecule has 0 unspecified atom stereocenters. The van der Waals surface area contributed by atoms with Crippen molar-refractivity contribution in [3.63, 3.8) is 0 Å². The number of hydrogen-bond acceptors (Lipinski definition) is 2. The smallest absolute Gasteiger partial charge is 0.343 e. The average molecular weight is 415 g/mol. The first-order chi connectivity index (χ1) is 14.3. The SMILES string of the molecule is CC1CCN(C(=O)C[C@@H](c2cccc(C(F)(F)F)c2)c2cnc3ccccn23)CC1. The molecule has 1 atom stereocenters. The summed E-state index contributed by atoms with van der Waals surface area (Å²) in [6.07, 6.45) is 1.06. The van der Waals surface area contributed by atoms with Crippen molar-refractivity contribution in [3.8, 4) is 0 Å². The Morgan fingerprint density at radius 3 is 2.67 bits per heavy atom. The quantitative estimate of drug-likeness (QED) is 0.592. The Morgan fingerprint density at radius 2 is 1.93 bits per heavy atom. The lowest BCUT2D eigenvalue weighted by Gasteiger charge is -2.31. The number of benzene rings is 1. The number of amides is 1. The lowest BCUT2D eigenvalue weighted by atomic mass is 9.90. The van der Waals surface area contributed by atoms with Gasteiger partial charge in [0.05, 0.1) is 11.3 Å². The van der Waals surface area contributed by atoms with Crippen molar-refractivity contribution in [3.05, 3.63) is 71.7 Å². The molecule has 3 aromatic rings. The van der Waals surface area contributed by atoms with E-state index in [4.69, 9.17) is 0 Å². The number of pyridine rings is 1. The van der Waals surface area contributed by atoms with Gasteiger partial charge in [0.1, 0.15) is 5.65 Å². The third-order valence-corrected chi connectivity index (χ3v) is 5.93. The minimum atomic E-state index is -4.44. The van der Waals surface area contributed by atoms with Gasteiger partial charge in [-0.25, -0.2) is 4.98 Å². The van der Waals surface area contributed by atoms with Crippen LogP contribution in [0.15, 0.2) is 54.9 Å². The standard InChI is InChI=1S/C23H24F3N3O/c1-16-8-11-28(12-9-16)22(30)14-19(17-5-4-6-18(13-17)23(24,25)26)20-15-27-21-7-2-3-10-29(20)21/h2-7,10,13,15-16,19H,8-9,11-12,14H2,1H3/t19-/m0/s1. The second-order valence-electron chi connectivity index (χ2n) is 8.06. The van der Waals surface area contributed by atoms with Crippen LogP contribution in [0.25, 0.3) is 5.65 Å². The number of rotatable bonds is 4. The van der Waals surface area contributed by atoms with Crippen molar-refractivity contribution >= 4 is 11.6 Å². The number of hydrogen-bond donors (Lipinski definition) is 0. The normalized spacial score (nSPS) is 16.7. The van der Waals surface area contributed by atoms with Crippen LogP contribution in [0, 0.1) is 5.92 Å². The van der Waals surface area contributed by atoms with Crippen molar-refractivity contribution < 1.29 is 18.0 Å². The summed E-state index contributed by atoms with van der Waals surface area (Å²) in [5, 5.41) is 0. The van der Waals surface area contributed by atoms with E-state index in [0.29, 0.717) is 35.9 Å². The van der Waals surface area contributed by atoms with Crippen LogP contribution < -0.4 is 0 Å². The first-order valence-electron chi connectivity index (χ1n) is 10.2. The number of alkyl halides is 3. The fraction of sp³-hybridized carbons (Fsp3) is 0.391. The molecule has 3 heterocycles. The highest BCUT2D eigenvalue weighted by Crippen LogP contribution is 2.35. The van der Waals surface area contributed by atoms with E-state index in [1.54, 1.807) is 12.3 Å². The summed E-state index contributed by atoms with van der Waals surface area (Å²) < 4.78 is 41.8. The van der Waals surface area contributed by atoms with Gasteiger partial charge in [0, 0.05) is 37.8 Å². The highest BCUT2D eigenvalue weighted by Gasteiger charge is 2.32. The van der Waals surface area contributed by atoms with E-state index in [-0.39, 0.29) is 12.3 Å². The van der Waals surface area contributed by atoms with Gasteiger partial charge >= 0.3 is 6.18 Å². The number of nitrogens with zero attached hydrogens (tertiary/aromatic N) is 3. The Kier molecular flexibility index (Phi) is 5.54. The van der Waals surface area contributed by atoms with E-state index in [1.165, 1.54) is 6.07 Å². The maximum Gasteiger partial charge on any atom is 0.416 e. The zero-order chi connectivity index (χ0) is 21.3. The molecule has 0 aliphatic carbocycles. The molecule has 1 aromatic carbocycles. The fourth-order valence-corrected chi connectivity index (χ4v) is 4.10. The molecule has 0 bridgehead atoms. The summed E-state index contributed by atoms with van der Waals surface area (Å²) in [7, 11) is 0. The second kappa shape index (κ2) is 8.13. The first kappa shape index (κ1) is 20.4. The monoisotopic (exact) mass is 415 g/mol. The molecule has 2 aromatic heterocycles. The molecule has 0 saturated carbocycles. The third kappa shape index (κ3) is 4.20. The number of halogens is 3. The molecule has 0 N–H and O–H groups in total. The van der Waals surface area contributed by atoms with Crippen molar-refractivity contribution in [2.45, 2.75) is 38.3 Å². The Hall–Kier alpha value is -2.83. The van der Waals surface area contributed by atoms with Crippen molar-refractivity contribution in [2.24, 2.45) is 5.92 Å². The molecule has 1 amide bonds. The summed E-state index contributed by atoms with van der Waals surface area (Å²) >= 11 is 0. The lowest BCUT2D eigenvalue weighted by molar-refractivity contribution is -0.137. The van der Waals surface area contributed by atoms with Crippen LogP contribution in [0.3, 0.4) is 0 Å². The first-order valence-corrected chi connectivity index (χ1v) is 10.2. The summed E-state index contributed by atoms with van der Waals surface area (Å²) in [6, 6.07) is 10.8. The summed E-state index contributed by atoms with van der Waals surface area (Å²) in [6.45, 7) is 3.57. The minimum Gasteiger partial charge on any atom is -0.343 e. The summed E-state index contributed by atoms with van der Waals surface area (Å²) in [4.78, 5) is 19.3. The Bertz CT molecular complexity index is 1040. The van der Waals surface area contributed by atoms with E-state index in [0.717, 1.165) is 25.0 Å². The molecule has 30 heavy (non-hydrogen) atoms. The molecule has 7 heteroatoms. The highest BCUT2D eigenvalue weighted by atomic mass is 19.4. The Balaban J connectivity index is 1.71. The largest absolute Gasteiger partial charge is 0.416 e. The van der Waals surface area contributed by atoms with E-state index < -0.39 is 17.7 Å². The van der Waals surface area contributed by atoms with Gasteiger partial charge in [-0.3, -0.25) is 4.79 Å². The number of piperidine rings is 1. The zero-order valence-corrected chi connectivity index (χ0v) is 16.8. The maximum atomic E-state index is 13.3. The molecular formula is C23H24F3N3O. The molecule has 1 saturated heterocycles. The number of carbonyl (C=O) groups excluding carboxylic acids is 1. The number of fused-ring (bicyclic) bond motifs is 1. The Morgan fingerprint density at radius 1 is 1.17 bits per heavy atom. The predicted octanol–water partition coefficient (Wildman–Crippen LogP) is 5.13. The second-order valence-corrected chi connectivity index (χ2v) is 8.06. The van der Waals surface area contributed by atoms with Crippen LogP contribution >= 0.6 is 0 Å². The van der Waals surface area contributed by atoms with E-state index in [9.17, 15) is 18.0 Å². The van der Waals surface area contributed by atoms with Gasteiger partial charge in [-0.05, 0) is 42.5 Å². The maximum absolute atomic E-state index is 13.3. The topological polar surface area (TPSA) is 37.6 Å². The predicted molar refractivity (Wildman–Crippen MR) is 108 cm³/mol. The molecule has 0 spiro atoms. The van der Waals surface area contributed by atoms with Gasteiger partial charge in [0.2, 0.25) is 5.91 Å². The van der Waals surface area contributed by atoms with Crippen LogP contribution in [0.1, 0.15) is 48.9 Å². The molecule has 1 aliphatic rings. The lowest BCUT2D eigenvalue weighted by Crippen LogP contribution is -2.38. The van der Waals surface area contributed by atoms with E-state index in [1.807, 2.05) is 33.7 Å². The van der Waals surface area contributed by atoms with E-state index in [2.05, 4.69) is 11.9 Å². The van der Waals surface area contributed by atoms with E-state index >= 15 is 0 Å². The summed E-state index contributed by atoms with van der Waals surface area (Å²) in [5.74, 6) is 0.0406. The van der Waals surface area contributed by atoms with Gasteiger partial charge in [-0.1, -0.05) is 31.2 Å². The zero-order valence-electron chi connectivity index (χ0n) is 16.8. The van der Waals surface area contributed by atoms with Crippen molar-refractivity contribution in [1.29, 1.82) is 0 Å². The Labute approximate surface area is 173 Å². The molecule has 4 rings (SSSR count). The van der Waals surface area contributed by atoms with Gasteiger partial charge < -0.3 is 9.30 Å². The molecule has 1 fully saturated rings. The molecule has 1 aliphatic heterocycles. The average Bonchev–Trinajstić information content (AvgIpc) is 3.16. The molecule has 0 radical (unpaired) electrons. The van der Waals surface area contributed by atoms with Crippen LogP contribution in [0.5, 0.6) is 0 Å². The van der Waals surface area contributed by atoms with Gasteiger partial charge in [0.25, 0.3) is 0 Å². The minimum absolute atomic E-state index is 0.0322. The molecule has 4 nitrogen and oxygen atoms in total. The number of carbonyl (C=O) groups is 1. The van der Waals surface area contributed by atoms with Gasteiger partial charge in [-0.2, -0.15) is 13.2 Å². The van der Waals surface area contributed by atoms with Crippen LogP contribution in [0.4, 0.5) is 13.2 Å². The van der Waals surface area contributed by atoms with Gasteiger partial charge in [-0.15, -0.1) is 0 Å². The third-order valence-electron chi connectivity index (χ3n) is 5.93. The number of aromatic nitrogens is 2. The molecule has 158 valence electrons. The van der Waals surface area contributed by atoms with Crippen molar-refractivity contribution in [1.82, 2.24) is 14.3 Å². The fourth-order valence-electron chi connectivity index (χ4n) is 4.10. The number of imidazole rings is 1. The van der Waals surface area contributed by atoms with Crippen LogP contribution in [-0.4, -0.2) is 33.3 Å². The number of likely N-dealkylation sites (tertiary alicyclic amines) is 1. The molecular weight excluding hydrogens is 391 g/mol. The highest BCUT2D eigenvalue weighted by molar-refractivity contribution is 5.78. The van der Waals surface area contributed by atoms with Crippen LogP contribution in [0.2, 0.25) is 0 Å². The van der Waals surface area contributed by atoms with Crippen molar-refractivity contribution in [2.75, 3.05) is 13.1 Å². The van der Waals surface area contributed by atoms with Gasteiger partial charge in [0.15, 0.2) is 0 Å².